The van der Waals surface area contributed by atoms with Gasteiger partial charge in [0, 0.05) is 16.4 Å². The van der Waals surface area contributed by atoms with Crippen LogP contribution in [0.5, 0.6) is 0 Å². The van der Waals surface area contributed by atoms with Gasteiger partial charge in [-0.15, -0.1) is 0 Å². The largest absolute Gasteiger partial charge is 0.478 e. The van der Waals surface area contributed by atoms with Crippen LogP contribution >= 0.6 is 11.6 Å². The molecule has 0 amide bonds. The molecular formula is C18H15ClN2O4S. The van der Waals surface area contributed by atoms with Crippen LogP contribution in [0.2, 0.25) is 5.02 Å². The number of sulfonamides is 1. The first-order valence-corrected chi connectivity index (χ1v) is 9.46. The number of aromatic carboxylic acids is 1. The van der Waals surface area contributed by atoms with E-state index in [0.717, 1.165) is 5.56 Å². The van der Waals surface area contributed by atoms with Crippen LogP contribution in [0.3, 0.4) is 0 Å². The minimum Gasteiger partial charge on any atom is -0.478 e. The Labute approximate surface area is 155 Å². The van der Waals surface area contributed by atoms with Gasteiger partial charge in [0.1, 0.15) is 0 Å². The average Bonchev–Trinajstić information content (AvgIpc) is 2.92. The van der Waals surface area contributed by atoms with E-state index in [0.29, 0.717) is 22.1 Å². The summed E-state index contributed by atoms with van der Waals surface area (Å²) in [7, 11) is -3.81. The Balaban J connectivity index is 2.22. The number of carboxylic acid groups (broad SMARTS) is 1. The molecule has 0 unspecified atom stereocenters. The summed E-state index contributed by atoms with van der Waals surface area (Å²) in [4.78, 5) is 11.5. The molecule has 0 saturated heterocycles. The molecule has 0 radical (unpaired) electrons. The van der Waals surface area contributed by atoms with Gasteiger partial charge in [-0.05, 0) is 55.0 Å². The maximum atomic E-state index is 11.6. The molecule has 0 aliphatic heterocycles. The lowest BCUT2D eigenvalue weighted by molar-refractivity contribution is 0.0696. The van der Waals surface area contributed by atoms with Gasteiger partial charge in [0.25, 0.3) is 0 Å². The zero-order chi connectivity index (χ0) is 19.1. The molecule has 0 fully saturated rings. The lowest BCUT2D eigenvalue weighted by Crippen LogP contribution is -2.12. The molecular weight excluding hydrogens is 376 g/mol. The van der Waals surface area contributed by atoms with Crippen molar-refractivity contribution in [2.24, 2.45) is 5.14 Å². The summed E-state index contributed by atoms with van der Waals surface area (Å²) in [6.07, 6.45) is 0. The number of nitrogens with zero attached hydrogens (tertiary/aromatic N) is 1. The minimum atomic E-state index is -3.81. The quantitative estimate of drug-likeness (QED) is 0.712. The molecule has 6 nitrogen and oxygen atoms in total. The molecule has 3 N–H and O–H groups in total. The highest BCUT2D eigenvalue weighted by Crippen LogP contribution is 2.30. The third-order valence-corrected chi connectivity index (χ3v) is 5.22. The predicted molar refractivity (Wildman–Crippen MR) is 99.3 cm³/mol. The van der Waals surface area contributed by atoms with Crippen molar-refractivity contribution in [1.82, 2.24) is 4.57 Å². The Morgan fingerprint density at radius 3 is 2.15 bits per heavy atom. The van der Waals surface area contributed by atoms with Crippen LogP contribution in [0.4, 0.5) is 0 Å². The number of carbonyl (C=O) groups is 1. The fourth-order valence-electron chi connectivity index (χ4n) is 2.77. The van der Waals surface area contributed by atoms with E-state index in [9.17, 15) is 18.3 Å². The smallest absolute Gasteiger partial charge is 0.337 e. The Morgan fingerprint density at radius 1 is 1.08 bits per heavy atom. The predicted octanol–water partition coefficient (Wildman–Crippen LogP) is 3.45. The number of primary sulfonamides is 1. The van der Waals surface area contributed by atoms with Gasteiger partial charge in [0.2, 0.25) is 10.0 Å². The second-order valence-corrected chi connectivity index (χ2v) is 7.71. The van der Waals surface area contributed by atoms with Crippen LogP contribution < -0.4 is 5.14 Å². The zero-order valence-electron chi connectivity index (χ0n) is 13.7. The van der Waals surface area contributed by atoms with Gasteiger partial charge in [0.15, 0.2) is 0 Å². The molecule has 8 heteroatoms. The van der Waals surface area contributed by atoms with Gasteiger partial charge < -0.3 is 9.67 Å². The second kappa shape index (κ2) is 6.60. The number of halogens is 1. The summed E-state index contributed by atoms with van der Waals surface area (Å²) in [5.41, 5.74) is 2.73. The molecule has 0 aliphatic rings. The van der Waals surface area contributed by atoms with Gasteiger partial charge >= 0.3 is 5.97 Å². The van der Waals surface area contributed by atoms with Gasteiger partial charge in [-0.3, -0.25) is 0 Å². The molecule has 3 rings (SSSR count). The number of benzene rings is 2. The average molecular weight is 391 g/mol. The van der Waals surface area contributed by atoms with E-state index in [1.165, 1.54) is 12.1 Å². The molecule has 3 aromatic rings. The number of aromatic nitrogens is 1. The van der Waals surface area contributed by atoms with E-state index < -0.39 is 16.0 Å². The topological polar surface area (TPSA) is 102 Å². The lowest BCUT2D eigenvalue weighted by Gasteiger charge is -2.13. The van der Waals surface area contributed by atoms with Crippen LogP contribution in [0, 0.1) is 6.92 Å². The number of carboxylic acids is 1. The molecule has 0 saturated carbocycles. The highest BCUT2D eigenvalue weighted by Gasteiger charge is 2.19. The highest BCUT2D eigenvalue weighted by atomic mass is 35.5. The SMILES string of the molecule is Cc1c(C(=O)O)cc(-c2ccc(Cl)cc2)n1-c1ccc(S(N)(=O)=O)cc1. The fourth-order valence-corrected chi connectivity index (χ4v) is 3.42. The normalized spacial score (nSPS) is 11.5. The van der Waals surface area contributed by atoms with E-state index in [4.69, 9.17) is 16.7 Å². The molecule has 0 aliphatic carbocycles. The Morgan fingerprint density at radius 2 is 1.65 bits per heavy atom. The Bertz CT molecular complexity index is 1090. The molecule has 1 aromatic heterocycles. The van der Waals surface area contributed by atoms with Crippen LogP contribution in [-0.2, 0) is 10.0 Å². The maximum Gasteiger partial charge on any atom is 0.337 e. The van der Waals surface area contributed by atoms with E-state index in [2.05, 4.69) is 0 Å². The first-order valence-electron chi connectivity index (χ1n) is 7.53. The summed E-state index contributed by atoms with van der Waals surface area (Å²) < 4.78 is 24.6. The van der Waals surface area contributed by atoms with Crippen LogP contribution in [0.25, 0.3) is 16.9 Å². The van der Waals surface area contributed by atoms with Crippen LogP contribution in [-0.4, -0.2) is 24.1 Å². The summed E-state index contributed by atoms with van der Waals surface area (Å²) in [6.45, 7) is 1.69. The number of nitrogens with two attached hydrogens (primary N) is 1. The molecule has 26 heavy (non-hydrogen) atoms. The zero-order valence-corrected chi connectivity index (χ0v) is 15.3. The van der Waals surface area contributed by atoms with Gasteiger partial charge in [0.05, 0.1) is 16.2 Å². The molecule has 0 spiro atoms. The Kier molecular flexibility index (Phi) is 4.62. The fraction of sp³-hybridized carbons (Fsp3) is 0.0556. The molecule has 2 aromatic carbocycles. The van der Waals surface area contributed by atoms with Gasteiger partial charge in [-0.1, -0.05) is 23.7 Å². The summed E-state index contributed by atoms with van der Waals surface area (Å²) in [6, 6.07) is 14.5. The minimum absolute atomic E-state index is 0.0161. The standard InChI is InChI=1S/C18H15ClN2O4S/c1-11-16(18(22)23)10-17(12-2-4-13(19)5-3-12)21(11)14-6-8-15(9-7-14)26(20,24)25/h2-10H,1H3,(H,22,23)(H2,20,24,25). The number of hydrogen-bond donors (Lipinski definition) is 2. The van der Waals surface area contributed by atoms with Gasteiger partial charge in [-0.2, -0.15) is 0 Å². The van der Waals surface area contributed by atoms with Gasteiger partial charge in [-0.25, -0.2) is 18.4 Å². The third kappa shape index (κ3) is 3.37. The van der Waals surface area contributed by atoms with Crippen molar-refractivity contribution >= 4 is 27.6 Å². The maximum absolute atomic E-state index is 11.6. The van der Waals surface area contributed by atoms with E-state index >= 15 is 0 Å². The highest BCUT2D eigenvalue weighted by molar-refractivity contribution is 7.89. The van der Waals surface area contributed by atoms with E-state index in [1.807, 2.05) is 0 Å². The number of rotatable bonds is 4. The van der Waals surface area contributed by atoms with Crippen molar-refractivity contribution in [3.05, 3.63) is 70.9 Å². The van der Waals surface area contributed by atoms with Crippen molar-refractivity contribution in [2.75, 3.05) is 0 Å². The van der Waals surface area contributed by atoms with Crippen molar-refractivity contribution in [1.29, 1.82) is 0 Å². The molecule has 0 bridgehead atoms. The summed E-state index contributed by atoms with van der Waals surface area (Å²) in [5, 5.41) is 15.2. The third-order valence-electron chi connectivity index (χ3n) is 4.04. The number of hydrogen-bond acceptors (Lipinski definition) is 3. The Hall–Kier alpha value is -2.61. The second-order valence-electron chi connectivity index (χ2n) is 5.72. The van der Waals surface area contributed by atoms with Crippen molar-refractivity contribution in [3.8, 4) is 16.9 Å². The van der Waals surface area contributed by atoms with Crippen molar-refractivity contribution in [3.63, 3.8) is 0 Å². The first kappa shape index (κ1) is 18.2. The van der Waals surface area contributed by atoms with Crippen molar-refractivity contribution < 1.29 is 18.3 Å². The summed E-state index contributed by atoms with van der Waals surface area (Å²) >= 11 is 5.93. The van der Waals surface area contributed by atoms with Crippen LogP contribution in [0.15, 0.2) is 59.5 Å². The van der Waals surface area contributed by atoms with Crippen molar-refractivity contribution in [2.45, 2.75) is 11.8 Å². The van der Waals surface area contributed by atoms with E-state index in [1.54, 1.807) is 54.0 Å². The molecule has 1 heterocycles. The summed E-state index contributed by atoms with van der Waals surface area (Å²) in [5.74, 6) is -1.04. The van der Waals surface area contributed by atoms with E-state index in [-0.39, 0.29) is 10.5 Å². The first-order chi connectivity index (χ1) is 12.2. The van der Waals surface area contributed by atoms with Crippen LogP contribution in [0.1, 0.15) is 16.1 Å². The monoisotopic (exact) mass is 390 g/mol. The molecule has 134 valence electrons. The molecule has 0 atom stereocenters. The lowest BCUT2D eigenvalue weighted by atomic mass is 10.1.